The quantitative estimate of drug-likeness (QED) is 0.585. The van der Waals surface area contributed by atoms with E-state index in [2.05, 4.69) is 10.6 Å². The molecule has 1 aromatic carbocycles. The van der Waals surface area contributed by atoms with Crippen molar-refractivity contribution in [1.82, 2.24) is 15.5 Å². The van der Waals surface area contributed by atoms with Gasteiger partial charge in [-0.2, -0.15) is 0 Å². The molecule has 1 heterocycles. The number of carbonyl (C=O) groups is 3. The maximum absolute atomic E-state index is 12.6. The molecule has 1 saturated heterocycles. The molecule has 0 saturated carbocycles. The summed E-state index contributed by atoms with van der Waals surface area (Å²) in [7, 11) is 3.11. The lowest BCUT2D eigenvalue weighted by molar-refractivity contribution is -0.123. The Morgan fingerprint density at radius 1 is 1.19 bits per heavy atom. The summed E-state index contributed by atoms with van der Waals surface area (Å²) >= 11 is 0. The van der Waals surface area contributed by atoms with Crippen molar-refractivity contribution in [3.63, 3.8) is 0 Å². The second kappa shape index (κ2) is 8.52. The van der Waals surface area contributed by atoms with Gasteiger partial charge in [-0.1, -0.05) is 12.1 Å². The van der Waals surface area contributed by atoms with Crippen molar-refractivity contribution in [2.45, 2.75) is 12.0 Å². The van der Waals surface area contributed by atoms with Crippen molar-refractivity contribution in [1.29, 1.82) is 0 Å². The van der Waals surface area contributed by atoms with E-state index >= 15 is 0 Å². The zero-order chi connectivity index (χ0) is 19.2. The Bertz CT molecular complexity index is 673. The van der Waals surface area contributed by atoms with E-state index in [-0.39, 0.29) is 18.4 Å². The first-order valence-corrected chi connectivity index (χ1v) is 8.18. The molecule has 0 radical (unpaired) electrons. The SMILES string of the molecule is COc1ccccc1C(=O)N1CC(CCNC(=O)CNC(N)=O)(OC)C1. The number of primary amides is 1. The number of nitrogens with zero attached hydrogens (tertiary/aromatic N) is 1. The van der Waals surface area contributed by atoms with Crippen LogP contribution in [0, 0.1) is 0 Å². The van der Waals surface area contributed by atoms with Gasteiger partial charge in [-0.3, -0.25) is 9.59 Å². The first kappa shape index (κ1) is 19.5. The van der Waals surface area contributed by atoms with Gasteiger partial charge in [0.25, 0.3) is 5.91 Å². The Labute approximate surface area is 151 Å². The Kier molecular flexibility index (Phi) is 6.40. The van der Waals surface area contributed by atoms with Crippen LogP contribution in [0.1, 0.15) is 16.8 Å². The number of urea groups is 1. The monoisotopic (exact) mass is 364 g/mol. The zero-order valence-corrected chi connectivity index (χ0v) is 14.9. The molecule has 9 heteroatoms. The number of likely N-dealkylation sites (tertiary alicyclic amines) is 1. The van der Waals surface area contributed by atoms with Gasteiger partial charge in [-0.05, 0) is 18.6 Å². The molecule has 1 aliphatic rings. The lowest BCUT2D eigenvalue weighted by Crippen LogP contribution is -2.65. The van der Waals surface area contributed by atoms with Crippen LogP contribution in [0.4, 0.5) is 4.79 Å². The van der Waals surface area contributed by atoms with E-state index in [0.29, 0.717) is 37.4 Å². The van der Waals surface area contributed by atoms with Crippen molar-refractivity contribution >= 4 is 17.8 Å². The van der Waals surface area contributed by atoms with Crippen molar-refractivity contribution in [2.75, 3.05) is 40.4 Å². The first-order valence-electron chi connectivity index (χ1n) is 8.18. The Hall–Kier alpha value is -2.81. The molecular formula is C17H24N4O5. The third kappa shape index (κ3) is 4.63. The molecule has 4 amide bonds. The minimum absolute atomic E-state index is 0.121. The minimum Gasteiger partial charge on any atom is -0.496 e. The van der Waals surface area contributed by atoms with Crippen molar-refractivity contribution < 1.29 is 23.9 Å². The number of hydrogen-bond donors (Lipinski definition) is 3. The summed E-state index contributed by atoms with van der Waals surface area (Å²) in [5.41, 5.74) is 4.91. The third-order valence-electron chi connectivity index (χ3n) is 4.34. The number of carbonyl (C=O) groups excluding carboxylic acids is 3. The highest BCUT2D eigenvalue weighted by Crippen LogP contribution is 2.31. The van der Waals surface area contributed by atoms with Crippen LogP contribution in [0.15, 0.2) is 24.3 Å². The molecule has 0 bridgehead atoms. The van der Waals surface area contributed by atoms with Crippen LogP contribution in [0.25, 0.3) is 0 Å². The molecule has 0 spiro atoms. The normalized spacial score (nSPS) is 14.9. The third-order valence-corrected chi connectivity index (χ3v) is 4.34. The molecule has 0 aliphatic carbocycles. The molecule has 0 atom stereocenters. The molecule has 2 rings (SSSR count). The van der Waals surface area contributed by atoms with Crippen LogP contribution < -0.4 is 21.1 Å². The van der Waals surface area contributed by atoms with Gasteiger partial charge >= 0.3 is 6.03 Å². The van der Waals surface area contributed by atoms with Gasteiger partial charge in [0.1, 0.15) is 11.4 Å². The van der Waals surface area contributed by atoms with Crippen molar-refractivity contribution in [3.05, 3.63) is 29.8 Å². The summed E-state index contributed by atoms with van der Waals surface area (Å²) in [6, 6.07) is 6.31. The molecule has 4 N–H and O–H groups in total. The van der Waals surface area contributed by atoms with Crippen molar-refractivity contribution in [2.24, 2.45) is 5.73 Å². The van der Waals surface area contributed by atoms with Crippen LogP contribution in [0.2, 0.25) is 0 Å². The molecule has 1 fully saturated rings. The van der Waals surface area contributed by atoms with Gasteiger partial charge in [-0.15, -0.1) is 0 Å². The number of ether oxygens (including phenoxy) is 2. The predicted molar refractivity (Wildman–Crippen MR) is 93.9 cm³/mol. The predicted octanol–water partition coefficient (Wildman–Crippen LogP) is -0.289. The fraction of sp³-hybridized carbons (Fsp3) is 0.471. The number of benzene rings is 1. The van der Waals surface area contributed by atoms with E-state index in [9.17, 15) is 14.4 Å². The summed E-state index contributed by atoms with van der Waals surface area (Å²) in [6.07, 6.45) is 0.543. The summed E-state index contributed by atoms with van der Waals surface area (Å²) in [5, 5.41) is 4.89. The average molecular weight is 364 g/mol. The lowest BCUT2D eigenvalue weighted by Gasteiger charge is -2.49. The first-order chi connectivity index (χ1) is 12.4. The number of rotatable bonds is 8. The van der Waals surface area contributed by atoms with Crippen LogP contribution >= 0.6 is 0 Å². The molecule has 0 unspecified atom stereocenters. The summed E-state index contributed by atoms with van der Waals surface area (Å²) in [4.78, 5) is 36.4. The fourth-order valence-electron chi connectivity index (χ4n) is 2.83. The molecule has 9 nitrogen and oxygen atoms in total. The maximum atomic E-state index is 12.6. The summed E-state index contributed by atoms with van der Waals surface area (Å²) < 4.78 is 10.8. The standard InChI is InChI=1S/C17H24N4O5/c1-25-13-6-4-3-5-12(13)15(23)21-10-17(11-21,26-2)7-8-19-14(22)9-20-16(18)24/h3-6H,7-11H2,1-2H3,(H,19,22)(H3,18,20,24). The van der Waals surface area contributed by atoms with E-state index in [1.54, 1.807) is 36.3 Å². The van der Waals surface area contributed by atoms with Gasteiger partial charge in [-0.25, -0.2) is 4.79 Å². The number of methoxy groups -OCH3 is 2. The number of para-hydroxylation sites is 1. The average Bonchev–Trinajstić information content (AvgIpc) is 2.61. The van der Waals surface area contributed by atoms with Crippen molar-refractivity contribution in [3.8, 4) is 5.75 Å². The van der Waals surface area contributed by atoms with E-state index in [0.717, 1.165) is 0 Å². The maximum Gasteiger partial charge on any atom is 0.312 e. The summed E-state index contributed by atoms with van der Waals surface area (Å²) in [6.45, 7) is 1.04. The Balaban J connectivity index is 1.83. The van der Waals surface area contributed by atoms with E-state index in [1.165, 1.54) is 7.11 Å². The van der Waals surface area contributed by atoms with E-state index in [4.69, 9.17) is 15.2 Å². The number of nitrogens with one attached hydrogen (secondary N) is 2. The number of hydrogen-bond acceptors (Lipinski definition) is 5. The van der Waals surface area contributed by atoms with Crippen LogP contribution in [0.3, 0.4) is 0 Å². The lowest BCUT2D eigenvalue weighted by atomic mass is 9.89. The Morgan fingerprint density at radius 3 is 2.50 bits per heavy atom. The van der Waals surface area contributed by atoms with Crippen LogP contribution in [0.5, 0.6) is 5.75 Å². The highest BCUT2D eigenvalue weighted by molar-refractivity contribution is 5.97. The second-order valence-corrected chi connectivity index (χ2v) is 6.07. The summed E-state index contributed by atoms with van der Waals surface area (Å²) in [5.74, 6) is 0.0720. The molecule has 142 valence electrons. The largest absolute Gasteiger partial charge is 0.496 e. The second-order valence-electron chi connectivity index (χ2n) is 6.07. The van der Waals surface area contributed by atoms with Gasteiger partial charge < -0.3 is 30.7 Å². The number of amides is 4. The van der Waals surface area contributed by atoms with Gasteiger partial charge in [0.15, 0.2) is 0 Å². The van der Waals surface area contributed by atoms with Crippen LogP contribution in [-0.4, -0.2) is 68.7 Å². The smallest absolute Gasteiger partial charge is 0.312 e. The van der Waals surface area contributed by atoms with E-state index in [1.807, 2.05) is 0 Å². The zero-order valence-electron chi connectivity index (χ0n) is 14.9. The molecule has 1 aromatic rings. The molecule has 0 aromatic heterocycles. The minimum atomic E-state index is -0.752. The molecule has 1 aliphatic heterocycles. The van der Waals surface area contributed by atoms with Gasteiger partial charge in [0.2, 0.25) is 5.91 Å². The van der Waals surface area contributed by atoms with Gasteiger partial charge in [0, 0.05) is 13.7 Å². The molecule has 26 heavy (non-hydrogen) atoms. The number of nitrogens with two attached hydrogens (primary N) is 1. The topological polar surface area (TPSA) is 123 Å². The molecular weight excluding hydrogens is 340 g/mol. The highest BCUT2D eigenvalue weighted by atomic mass is 16.5. The van der Waals surface area contributed by atoms with Crippen LogP contribution in [-0.2, 0) is 9.53 Å². The highest BCUT2D eigenvalue weighted by Gasteiger charge is 2.45. The fourth-order valence-corrected chi connectivity index (χ4v) is 2.83. The van der Waals surface area contributed by atoms with E-state index < -0.39 is 11.6 Å². The van der Waals surface area contributed by atoms with Gasteiger partial charge in [0.05, 0.1) is 32.3 Å². The Morgan fingerprint density at radius 2 is 1.88 bits per heavy atom.